The Kier molecular flexibility index (Phi) is 7.45. The van der Waals surface area contributed by atoms with Gasteiger partial charge in [0.15, 0.2) is 24.1 Å². The van der Waals surface area contributed by atoms with E-state index in [1.54, 1.807) is 19.1 Å². The fourth-order valence-electron chi connectivity index (χ4n) is 5.63. The zero-order chi connectivity index (χ0) is 27.5. The standard InChI is InChI=1S/C33H33N3O4/c1-2-39-30(38)20-40-27-15-16-28(29(37)19-27)33-35-31(25-13-11-21-7-3-5-9-23(21)17-25)34-32(36-33)26-14-12-22-8-4-6-10-24(22)18-26/h11-19,37H,2-10,20H2,1H3. The Morgan fingerprint density at radius 1 is 0.725 bits per heavy atom. The molecule has 2 aliphatic rings. The first-order chi connectivity index (χ1) is 19.6. The maximum Gasteiger partial charge on any atom is 0.344 e. The van der Waals surface area contributed by atoms with E-state index in [1.807, 2.05) is 0 Å². The van der Waals surface area contributed by atoms with Crippen molar-refractivity contribution in [1.29, 1.82) is 0 Å². The third-order valence-electron chi connectivity index (χ3n) is 7.72. The highest BCUT2D eigenvalue weighted by atomic mass is 16.6. The molecule has 0 saturated heterocycles. The Morgan fingerprint density at radius 3 is 1.82 bits per heavy atom. The van der Waals surface area contributed by atoms with E-state index < -0.39 is 5.97 Å². The van der Waals surface area contributed by atoms with Crippen molar-refractivity contribution in [1.82, 2.24) is 15.0 Å². The van der Waals surface area contributed by atoms with Gasteiger partial charge in [0, 0.05) is 17.2 Å². The number of phenolic OH excluding ortho intramolecular Hbond substituents is 1. The third kappa shape index (κ3) is 5.55. The van der Waals surface area contributed by atoms with Crippen molar-refractivity contribution >= 4 is 5.97 Å². The molecule has 0 saturated carbocycles. The minimum atomic E-state index is -0.465. The number of rotatable bonds is 7. The molecular formula is C33H33N3O4. The number of nitrogens with zero attached hydrogens (tertiary/aromatic N) is 3. The van der Waals surface area contributed by atoms with Gasteiger partial charge < -0.3 is 14.6 Å². The van der Waals surface area contributed by atoms with Crippen LogP contribution >= 0.6 is 0 Å². The highest BCUT2D eigenvalue weighted by molar-refractivity contribution is 5.72. The summed E-state index contributed by atoms with van der Waals surface area (Å²) in [6.45, 7) is 1.79. The Balaban J connectivity index is 1.40. The molecule has 0 bridgehead atoms. The molecule has 0 amide bonds. The first-order valence-electron chi connectivity index (χ1n) is 14.2. The molecule has 4 aromatic rings. The number of ether oxygens (including phenoxy) is 2. The number of phenols is 1. The van der Waals surface area contributed by atoms with E-state index in [9.17, 15) is 9.90 Å². The number of hydrogen-bond donors (Lipinski definition) is 1. The molecule has 40 heavy (non-hydrogen) atoms. The topological polar surface area (TPSA) is 94.4 Å². The summed E-state index contributed by atoms with van der Waals surface area (Å²) in [5.41, 5.74) is 7.85. The number of benzene rings is 3. The summed E-state index contributed by atoms with van der Waals surface area (Å²) in [5.74, 6) is 1.38. The molecule has 0 radical (unpaired) electrons. The van der Waals surface area contributed by atoms with Crippen LogP contribution in [-0.4, -0.2) is 39.2 Å². The molecule has 6 rings (SSSR count). The normalized spacial score (nSPS) is 14.2. The molecule has 0 atom stereocenters. The fourth-order valence-corrected chi connectivity index (χ4v) is 5.63. The second-order valence-corrected chi connectivity index (χ2v) is 10.5. The zero-order valence-corrected chi connectivity index (χ0v) is 22.8. The fraction of sp³-hybridized carbons (Fsp3) is 0.333. The molecule has 0 spiro atoms. The molecule has 1 N–H and O–H groups in total. The van der Waals surface area contributed by atoms with E-state index in [0.29, 0.717) is 28.8 Å². The van der Waals surface area contributed by atoms with Crippen molar-refractivity contribution in [3.63, 3.8) is 0 Å². The van der Waals surface area contributed by atoms with Gasteiger partial charge in [-0.05, 0) is 105 Å². The predicted molar refractivity (Wildman–Crippen MR) is 153 cm³/mol. The average Bonchev–Trinajstić information content (AvgIpc) is 2.99. The summed E-state index contributed by atoms with van der Waals surface area (Å²) in [4.78, 5) is 26.3. The Morgan fingerprint density at radius 2 is 1.27 bits per heavy atom. The third-order valence-corrected chi connectivity index (χ3v) is 7.72. The van der Waals surface area contributed by atoms with Crippen LogP contribution < -0.4 is 4.74 Å². The van der Waals surface area contributed by atoms with Crippen LogP contribution in [0, 0.1) is 0 Å². The second-order valence-electron chi connectivity index (χ2n) is 10.5. The lowest BCUT2D eigenvalue weighted by molar-refractivity contribution is -0.145. The summed E-state index contributed by atoms with van der Waals surface area (Å²) < 4.78 is 10.4. The molecule has 7 heteroatoms. The lowest BCUT2D eigenvalue weighted by Crippen LogP contribution is -2.14. The van der Waals surface area contributed by atoms with Crippen LogP contribution in [0.3, 0.4) is 0 Å². The maximum absolute atomic E-state index is 11.7. The van der Waals surface area contributed by atoms with Gasteiger partial charge in [0.05, 0.1) is 12.2 Å². The van der Waals surface area contributed by atoms with Gasteiger partial charge in [-0.2, -0.15) is 0 Å². The molecule has 7 nitrogen and oxygen atoms in total. The van der Waals surface area contributed by atoms with Gasteiger partial charge in [-0.1, -0.05) is 24.3 Å². The summed E-state index contributed by atoms with van der Waals surface area (Å²) in [6, 6.07) is 17.8. The van der Waals surface area contributed by atoms with Gasteiger partial charge in [-0.25, -0.2) is 19.7 Å². The van der Waals surface area contributed by atoms with Crippen LogP contribution in [0.4, 0.5) is 0 Å². The van der Waals surface area contributed by atoms with Gasteiger partial charge in [-0.3, -0.25) is 0 Å². The summed E-state index contributed by atoms with van der Waals surface area (Å²) >= 11 is 0. The van der Waals surface area contributed by atoms with Crippen LogP contribution in [-0.2, 0) is 35.2 Å². The number of aromatic hydroxyl groups is 1. The molecule has 2 aliphatic carbocycles. The number of carbonyl (C=O) groups excluding carboxylic acids is 1. The van der Waals surface area contributed by atoms with Crippen molar-refractivity contribution < 1.29 is 19.4 Å². The number of carbonyl (C=O) groups is 1. The summed E-state index contributed by atoms with van der Waals surface area (Å²) in [5, 5.41) is 11.0. The SMILES string of the molecule is CCOC(=O)COc1ccc(-c2nc(-c3ccc4c(c3)CCCC4)nc(-c3ccc4c(c3)CCCC4)n2)c(O)c1. The Hall–Kier alpha value is -4.26. The highest BCUT2D eigenvalue weighted by Gasteiger charge is 2.19. The minimum absolute atomic E-state index is 0.0414. The van der Waals surface area contributed by atoms with Crippen molar-refractivity contribution in [2.45, 2.75) is 58.3 Å². The smallest absolute Gasteiger partial charge is 0.344 e. The van der Waals surface area contributed by atoms with E-state index >= 15 is 0 Å². The molecular weight excluding hydrogens is 502 g/mol. The monoisotopic (exact) mass is 535 g/mol. The number of hydrogen-bond acceptors (Lipinski definition) is 7. The zero-order valence-electron chi connectivity index (χ0n) is 22.8. The quantitative estimate of drug-likeness (QED) is 0.278. The lowest BCUT2D eigenvalue weighted by Gasteiger charge is -2.18. The minimum Gasteiger partial charge on any atom is -0.507 e. The van der Waals surface area contributed by atoms with Gasteiger partial charge in [0.2, 0.25) is 0 Å². The Bertz CT molecular complexity index is 1490. The average molecular weight is 536 g/mol. The lowest BCUT2D eigenvalue weighted by atomic mass is 9.90. The first kappa shape index (κ1) is 26.0. The summed E-state index contributed by atoms with van der Waals surface area (Å²) in [6.07, 6.45) is 9.18. The van der Waals surface area contributed by atoms with E-state index in [0.717, 1.165) is 36.8 Å². The van der Waals surface area contributed by atoms with Crippen molar-refractivity contribution in [3.05, 3.63) is 76.9 Å². The largest absolute Gasteiger partial charge is 0.507 e. The molecule has 1 heterocycles. The molecule has 0 aliphatic heterocycles. The highest BCUT2D eigenvalue weighted by Crippen LogP contribution is 2.34. The second kappa shape index (κ2) is 11.5. The van der Waals surface area contributed by atoms with Gasteiger partial charge in [0.1, 0.15) is 11.5 Å². The molecule has 3 aromatic carbocycles. The van der Waals surface area contributed by atoms with E-state index in [4.69, 9.17) is 24.4 Å². The van der Waals surface area contributed by atoms with Crippen LogP contribution in [0.5, 0.6) is 11.5 Å². The molecule has 1 aromatic heterocycles. The predicted octanol–water partition coefficient (Wildman–Crippen LogP) is 6.28. The maximum atomic E-state index is 11.7. The number of fused-ring (bicyclic) bond motifs is 2. The number of esters is 1. The molecule has 0 fully saturated rings. The first-order valence-corrected chi connectivity index (χ1v) is 14.2. The number of aromatic nitrogens is 3. The van der Waals surface area contributed by atoms with Crippen LogP contribution in [0.1, 0.15) is 54.9 Å². The van der Waals surface area contributed by atoms with Crippen LogP contribution in [0.25, 0.3) is 34.2 Å². The van der Waals surface area contributed by atoms with Crippen molar-refractivity contribution in [2.75, 3.05) is 13.2 Å². The Labute approximate surface area is 234 Å². The van der Waals surface area contributed by atoms with Crippen molar-refractivity contribution in [2.24, 2.45) is 0 Å². The summed E-state index contributed by atoms with van der Waals surface area (Å²) in [7, 11) is 0. The van der Waals surface area contributed by atoms with E-state index in [-0.39, 0.29) is 19.0 Å². The van der Waals surface area contributed by atoms with Gasteiger partial charge in [0.25, 0.3) is 0 Å². The number of aryl methyl sites for hydroxylation is 4. The van der Waals surface area contributed by atoms with E-state index in [2.05, 4.69) is 36.4 Å². The van der Waals surface area contributed by atoms with Crippen LogP contribution in [0.15, 0.2) is 54.6 Å². The van der Waals surface area contributed by atoms with Crippen LogP contribution in [0.2, 0.25) is 0 Å². The van der Waals surface area contributed by atoms with Gasteiger partial charge in [-0.15, -0.1) is 0 Å². The van der Waals surface area contributed by atoms with Gasteiger partial charge >= 0.3 is 5.97 Å². The van der Waals surface area contributed by atoms with E-state index in [1.165, 1.54) is 54.0 Å². The molecule has 0 unspecified atom stereocenters. The van der Waals surface area contributed by atoms with Crippen molar-refractivity contribution in [3.8, 4) is 45.7 Å². The molecule has 204 valence electrons.